The van der Waals surface area contributed by atoms with Crippen molar-refractivity contribution in [2.75, 3.05) is 0 Å². The quantitative estimate of drug-likeness (QED) is 0.865. The van der Waals surface area contributed by atoms with Crippen LogP contribution in [0.4, 0.5) is 0 Å². The molecule has 0 bridgehead atoms. The molecule has 2 N–H and O–H groups in total. The molecule has 1 aromatic carbocycles. The number of aromatic nitrogens is 1. The Kier molecular flexibility index (Phi) is 3.57. The zero-order valence-corrected chi connectivity index (χ0v) is 10.1. The highest BCUT2D eigenvalue weighted by Gasteiger charge is 2.07. The molecule has 0 aliphatic carbocycles. The van der Waals surface area contributed by atoms with E-state index in [0.29, 0.717) is 17.7 Å². The van der Waals surface area contributed by atoms with Crippen LogP contribution in [-0.4, -0.2) is 16.0 Å². The summed E-state index contributed by atoms with van der Waals surface area (Å²) in [4.78, 5) is 16.0. The van der Waals surface area contributed by atoms with E-state index in [1.54, 1.807) is 25.3 Å². The Morgan fingerprint density at radius 3 is 2.83 bits per heavy atom. The predicted molar refractivity (Wildman–Crippen MR) is 68.3 cm³/mol. The van der Waals surface area contributed by atoms with Gasteiger partial charge in [0.15, 0.2) is 0 Å². The minimum absolute atomic E-state index is 0.177. The van der Waals surface area contributed by atoms with Gasteiger partial charge >= 0.3 is 0 Å². The van der Waals surface area contributed by atoms with Crippen LogP contribution in [0.15, 0.2) is 42.6 Å². The molecule has 92 valence electrons. The minimum atomic E-state index is -0.177. The number of pyridine rings is 1. The van der Waals surface area contributed by atoms with Crippen molar-refractivity contribution in [3.8, 4) is 5.75 Å². The number of carbonyl (C=O) groups is 1. The van der Waals surface area contributed by atoms with Gasteiger partial charge in [0.25, 0.3) is 5.91 Å². The molecule has 18 heavy (non-hydrogen) atoms. The summed E-state index contributed by atoms with van der Waals surface area (Å²) in [6, 6.07) is 10.3. The molecule has 0 unspecified atom stereocenters. The molecule has 0 fully saturated rings. The molecule has 0 aliphatic rings. The third-order valence-corrected chi connectivity index (χ3v) is 2.62. The fourth-order valence-electron chi connectivity index (χ4n) is 1.57. The highest BCUT2D eigenvalue weighted by atomic mass is 16.3. The molecule has 1 heterocycles. The molecule has 0 atom stereocenters. The van der Waals surface area contributed by atoms with Gasteiger partial charge in [-0.05, 0) is 42.8 Å². The smallest absolute Gasteiger partial charge is 0.251 e. The van der Waals surface area contributed by atoms with Crippen LogP contribution in [0, 0.1) is 6.92 Å². The number of hydrogen-bond donors (Lipinski definition) is 2. The van der Waals surface area contributed by atoms with Gasteiger partial charge in [0.1, 0.15) is 5.75 Å². The molecule has 0 saturated carbocycles. The second kappa shape index (κ2) is 5.31. The van der Waals surface area contributed by atoms with Gasteiger partial charge in [-0.2, -0.15) is 0 Å². The van der Waals surface area contributed by atoms with Crippen LogP contribution >= 0.6 is 0 Å². The maximum atomic E-state index is 11.9. The van der Waals surface area contributed by atoms with Gasteiger partial charge in [0.2, 0.25) is 0 Å². The number of carbonyl (C=O) groups excluding carboxylic acids is 1. The summed E-state index contributed by atoms with van der Waals surface area (Å²) in [5.74, 6) is 0.0139. The Bertz CT molecular complexity index is 553. The van der Waals surface area contributed by atoms with Crippen LogP contribution in [0.25, 0.3) is 0 Å². The Morgan fingerprint density at radius 2 is 2.17 bits per heavy atom. The van der Waals surface area contributed by atoms with Crippen molar-refractivity contribution in [1.29, 1.82) is 0 Å². The van der Waals surface area contributed by atoms with Gasteiger partial charge in [-0.3, -0.25) is 9.78 Å². The number of phenolic OH excluding ortho intramolecular Hbond substituents is 1. The highest BCUT2D eigenvalue weighted by Crippen LogP contribution is 2.16. The molecular weight excluding hydrogens is 228 g/mol. The average molecular weight is 242 g/mol. The van der Waals surface area contributed by atoms with Crippen molar-refractivity contribution in [2.24, 2.45) is 0 Å². The molecule has 0 spiro atoms. The number of aryl methyl sites for hydroxylation is 1. The first-order valence-corrected chi connectivity index (χ1v) is 5.64. The van der Waals surface area contributed by atoms with Crippen LogP contribution in [0.3, 0.4) is 0 Å². The number of rotatable bonds is 3. The van der Waals surface area contributed by atoms with Crippen LogP contribution < -0.4 is 5.32 Å². The van der Waals surface area contributed by atoms with Crippen molar-refractivity contribution in [3.05, 3.63) is 59.4 Å². The maximum Gasteiger partial charge on any atom is 0.251 e. The van der Waals surface area contributed by atoms with E-state index in [-0.39, 0.29) is 11.7 Å². The lowest BCUT2D eigenvalue weighted by Crippen LogP contribution is -2.23. The first-order chi connectivity index (χ1) is 8.66. The molecule has 0 radical (unpaired) electrons. The molecule has 2 rings (SSSR count). The predicted octanol–water partition coefficient (Wildman–Crippen LogP) is 2.03. The number of nitrogens with zero attached hydrogens (tertiary/aromatic N) is 1. The molecule has 1 aromatic heterocycles. The lowest BCUT2D eigenvalue weighted by molar-refractivity contribution is 0.0950. The Balaban J connectivity index is 2.02. The van der Waals surface area contributed by atoms with Gasteiger partial charge < -0.3 is 10.4 Å². The van der Waals surface area contributed by atoms with Gasteiger partial charge in [0.05, 0.1) is 12.2 Å². The normalized spacial score (nSPS) is 10.1. The third-order valence-electron chi connectivity index (χ3n) is 2.62. The molecular formula is C14H14N2O2. The van der Waals surface area contributed by atoms with E-state index in [4.69, 9.17) is 0 Å². The third kappa shape index (κ3) is 2.85. The molecule has 4 nitrogen and oxygen atoms in total. The summed E-state index contributed by atoms with van der Waals surface area (Å²) in [6.07, 6.45) is 1.69. The number of aromatic hydroxyl groups is 1. The average Bonchev–Trinajstić information content (AvgIpc) is 2.40. The van der Waals surface area contributed by atoms with Gasteiger partial charge in [-0.25, -0.2) is 0 Å². The number of phenols is 1. The largest absolute Gasteiger partial charge is 0.508 e. The second-order valence-electron chi connectivity index (χ2n) is 4.01. The molecule has 0 aliphatic heterocycles. The number of amides is 1. The summed E-state index contributed by atoms with van der Waals surface area (Å²) in [6.45, 7) is 2.14. The van der Waals surface area contributed by atoms with E-state index in [9.17, 15) is 9.90 Å². The number of nitrogens with one attached hydrogen (secondary N) is 1. The van der Waals surface area contributed by atoms with Crippen molar-refractivity contribution in [2.45, 2.75) is 13.5 Å². The monoisotopic (exact) mass is 242 g/mol. The Morgan fingerprint density at radius 1 is 1.33 bits per heavy atom. The van der Waals surface area contributed by atoms with Crippen molar-refractivity contribution < 1.29 is 9.90 Å². The lowest BCUT2D eigenvalue weighted by Gasteiger charge is -2.06. The van der Waals surface area contributed by atoms with Gasteiger partial charge in [-0.15, -0.1) is 0 Å². The summed E-state index contributed by atoms with van der Waals surface area (Å²) in [7, 11) is 0. The zero-order chi connectivity index (χ0) is 13.0. The summed E-state index contributed by atoms with van der Waals surface area (Å²) in [5.41, 5.74) is 2.02. The lowest BCUT2D eigenvalue weighted by atomic mass is 10.1. The van der Waals surface area contributed by atoms with Gasteiger partial charge in [-0.1, -0.05) is 6.07 Å². The second-order valence-corrected chi connectivity index (χ2v) is 4.01. The van der Waals surface area contributed by atoms with Crippen LogP contribution in [0.2, 0.25) is 0 Å². The molecule has 4 heteroatoms. The standard InChI is InChI=1S/C14H14N2O2/c1-10-8-11(5-6-13(10)17)14(18)16-9-12-4-2-3-7-15-12/h2-8,17H,9H2,1H3,(H,16,18). The van der Waals surface area contributed by atoms with E-state index in [1.165, 1.54) is 6.07 Å². The topological polar surface area (TPSA) is 62.2 Å². The maximum absolute atomic E-state index is 11.9. The zero-order valence-electron chi connectivity index (χ0n) is 10.1. The van der Waals surface area contributed by atoms with Crippen LogP contribution in [0.1, 0.15) is 21.6 Å². The Labute approximate surface area is 105 Å². The van der Waals surface area contributed by atoms with Crippen LogP contribution in [-0.2, 0) is 6.54 Å². The number of benzene rings is 1. The summed E-state index contributed by atoms with van der Waals surface area (Å²) >= 11 is 0. The molecule has 0 saturated heterocycles. The van der Waals surface area contributed by atoms with Crippen molar-refractivity contribution in [1.82, 2.24) is 10.3 Å². The van der Waals surface area contributed by atoms with Crippen LogP contribution in [0.5, 0.6) is 5.75 Å². The van der Waals surface area contributed by atoms with E-state index in [2.05, 4.69) is 10.3 Å². The minimum Gasteiger partial charge on any atom is -0.508 e. The van der Waals surface area contributed by atoms with E-state index < -0.39 is 0 Å². The fraction of sp³-hybridized carbons (Fsp3) is 0.143. The summed E-state index contributed by atoms with van der Waals surface area (Å²) < 4.78 is 0. The summed E-state index contributed by atoms with van der Waals surface area (Å²) in [5, 5.41) is 12.2. The van der Waals surface area contributed by atoms with E-state index in [1.807, 2.05) is 18.2 Å². The van der Waals surface area contributed by atoms with Gasteiger partial charge in [0, 0.05) is 11.8 Å². The molecule has 2 aromatic rings. The molecule has 1 amide bonds. The fourth-order valence-corrected chi connectivity index (χ4v) is 1.57. The SMILES string of the molecule is Cc1cc(C(=O)NCc2ccccn2)ccc1O. The van der Waals surface area contributed by atoms with E-state index >= 15 is 0 Å². The number of hydrogen-bond acceptors (Lipinski definition) is 3. The van der Waals surface area contributed by atoms with Crippen molar-refractivity contribution >= 4 is 5.91 Å². The van der Waals surface area contributed by atoms with Crippen molar-refractivity contribution in [3.63, 3.8) is 0 Å². The first kappa shape index (κ1) is 12.1. The highest BCUT2D eigenvalue weighted by molar-refractivity contribution is 5.94. The first-order valence-electron chi connectivity index (χ1n) is 5.64. The van der Waals surface area contributed by atoms with E-state index in [0.717, 1.165) is 5.69 Å². The Hall–Kier alpha value is -2.36.